The van der Waals surface area contributed by atoms with Crippen molar-refractivity contribution in [2.75, 3.05) is 13.7 Å². The maximum Gasteiger partial charge on any atom is 0.363 e. The van der Waals surface area contributed by atoms with Crippen molar-refractivity contribution in [3.8, 4) is 22.6 Å². The standard InChI is InChI=1S/C27H24INO4/c1-17(2)16-32-25-22(28)13-18(15-24(25)31-3)14-23-27(30)33-26(29-23)21-11-9-20(10-12-21)19-7-5-4-6-8-19/h4-15,17H,16H2,1-3H3/b23-14-. The number of ether oxygens (including phenoxy) is 3. The second-order valence-corrected chi connectivity index (χ2v) is 9.18. The molecule has 0 fully saturated rings. The molecule has 0 saturated carbocycles. The lowest BCUT2D eigenvalue weighted by Gasteiger charge is -2.15. The Morgan fingerprint density at radius 2 is 1.67 bits per heavy atom. The molecule has 0 spiro atoms. The Balaban J connectivity index is 1.58. The van der Waals surface area contributed by atoms with Gasteiger partial charge in [0.25, 0.3) is 0 Å². The van der Waals surface area contributed by atoms with Gasteiger partial charge in [-0.25, -0.2) is 9.79 Å². The van der Waals surface area contributed by atoms with Crippen LogP contribution in [0.15, 0.2) is 77.4 Å². The van der Waals surface area contributed by atoms with Crippen molar-refractivity contribution in [2.24, 2.45) is 10.9 Å². The number of nitrogens with zero attached hydrogens (tertiary/aromatic N) is 1. The molecule has 0 amide bonds. The summed E-state index contributed by atoms with van der Waals surface area (Å²) in [4.78, 5) is 16.9. The number of methoxy groups -OCH3 is 1. The molecular formula is C27H24INO4. The van der Waals surface area contributed by atoms with Crippen LogP contribution in [0.4, 0.5) is 0 Å². The number of carbonyl (C=O) groups excluding carboxylic acids is 1. The second-order valence-electron chi connectivity index (χ2n) is 8.02. The molecule has 1 aliphatic heterocycles. The van der Waals surface area contributed by atoms with E-state index in [1.54, 1.807) is 13.2 Å². The topological polar surface area (TPSA) is 57.1 Å². The highest BCUT2D eigenvalue weighted by Gasteiger charge is 2.24. The van der Waals surface area contributed by atoms with Gasteiger partial charge in [-0.15, -0.1) is 0 Å². The van der Waals surface area contributed by atoms with Crippen LogP contribution in [0.3, 0.4) is 0 Å². The fraction of sp³-hybridized carbons (Fsp3) is 0.185. The lowest BCUT2D eigenvalue weighted by atomic mass is 10.0. The van der Waals surface area contributed by atoms with Gasteiger partial charge in [0.2, 0.25) is 5.90 Å². The molecule has 3 aromatic carbocycles. The Kier molecular flexibility index (Phi) is 7.13. The normalized spacial score (nSPS) is 14.4. The van der Waals surface area contributed by atoms with Crippen LogP contribution in [0.2, 0.25) is 0 Å². The molecule has 6 heteroatoms. The Bertz CT molecular complexity index is 1210. The minimum atomic E-state index is -0.480. The van der Waals surface area contributed by atoms with Crippen molar-refractivity contribution < 1.29 is 19.0 Å². The highest BCUT2D eigenvalue weighted by Crippen LogP contribution is 2.35. The molecule has 0 aliphatic carbocycles. The van der Waals surface area contributed by atoms with Gasteiger partial charge in [0.05, 0.1) is 17.3 Å². The van der Waals surface area contributed by atoms with Crippen LogP contribution < -0.4 is 9.47 Å². The van der Waals surface area contributed by atoms with Crippen molar-refractivity contribution in [3.05, 3.63) is 87.1 Å². The van der Waals surface area contributed by atoms with Crippen molar-refractivity contribution in [2.45, 2.75) is 13.8 Å². The maximum atomic E-state index is 12.5. The Labute approximate surface area is 207 Å². The van der Waals surface area contributed by atoms with Crippen LogP contribution in [-0.4, -0.2) is 25.6 Å². The van der Waals surface area contributed by atoms with Crippen LogP contribution in [-0.2, 0) is 9.53 Å². The fourth-order valence-electron chi connectivity index (χ4n) is 3.34. The molecule has 3 aromatic rings. The number of benzene rings is 3. The molecule has 0 aromatic heterocycles. The van der Waals surface area contributed by atoms with Gasteiger partial charge in [0.15, 0.2) is 17.2 Å². The van der Waals surface area contributed by atoms with Gasteiger partial charge in [-0.05, 0) is 75.5 Å². The van der Waals surface area contributed by atoms with Crippen molar-refractivity contribution in [3.63, 3.8) is 0 Å². The minimum Gasteiger partial charge on any atom is -0.493 e. The van der Waals surface area contributed by atoms with Crippen LogP contribution in [0.5, 0.6) is 11.5 Å². The largest absolute Gasteiger partial charge is 0.493 e. The van der Waals surface area contributed by atoms with Crippen molar-refractivity contribution >= 4 is 40.5 Å². The zero-order valence-corrected chi connectivity index (χ0v) is 20.8. The summed E-state index contributed by atoms with van der Waals surface area (Å²) >= 11 is 2.21. The van der Waals surface area contributed by atoms with Gasteiger partial charge >= 0.3 is 5.97 Å². The average molecular weight is 553 g/mol. The molecule has 1 aliphatic rings. The summed E-state index contributed by atoms with van der Waals surface area (Å²) in [5, 5.41) is 0. The van der Waals surface area contributed by atoms with E-state index in [-0.39, 0.29) is 5.70 Å². The molecule has 168 valence electrons. The van der Waals surface area contributed by atoms with Gasteiger partial charge in [0, 0.05) is 5.56 Å². The van der Waals surface area contributed by atoms with E-state index in [0.29, 0.717) is 29.9 Å². The highest BCUT2D eigenvalue weighted by atomic mass is 127. The smallest absolute Gasteiger partial charge is 0.363 e. The fourth-order valence-corrected chi connectivity index (χ4v) is 4.12. The summed E-state index contributed by atoms with van der Waals surface area (Å²) in [6.07, 6.45) is 1.70. The third-order valence-electron chi connectivity index (χ3n) is 4.98. The first-order valence-corrected chi connectivity index (χ1v) is 11.7. The molecule has 0 unspecified atom stereocenters. The van der Waals surface area contributed by atoms with E-state index in [2.05, 4.69) is 53.6 Å². The number of hydrogen-bond acceptors (Lipinski definition) is 5. The third-order valence-corrected chi connectivity index (χ3v) is 5.78. The molecule has 1 heterocycles. The average Bonchev–Trinajstić information content (AvgIpc) is 3.18. The Morgan fingerprint density at radius 1 is 1.00 bits per heavy atom. The van der Waals surface area contributed by atoms with E-state index in [4.69, 9.17) is 14.2 Å². The first-order chi connectivity index (χ1) is 15.9. The summed E-state index contributed by atoms with van der Waals surface area (Å²) in [5.41, 5.74) is 3.98. The molecule has 5 nitrogen and oxygen atoms in total. The molecule has 0 N–H and O–H groups in total. The van der Waals surface area contributed by atoms with Crippen LogP contribution in [0, 0.1) is 9.49 Å². The summed E-state index contributed by atoms with van der Waals surface area (Å²) in [6.45, 7) is 4.78. The summed E-state index contributed by atoms with van der Waals surface area (Å²) in [6, 6.07) is 21.7. The number of cyclic esters (lactones) is 1. The molecule has 0 saturated heterocycles. The van der Waals surface area contributed by atoms with E-state index in [1.165, 1.54) is 0 Å². The molecule has 33 heavy (non-hydrogen) atoms. The van der Waals surface area contributed by atoms with E-state index in [9.17, 15) is 4.79 Å². The summed E-state index contributed by atoms with van der Waals surface area (Å²) < 4.78 is 17.8. The lowest BCUT2D eigenvalue weighted by Crippen LogP contribution is -2.07. The molecule has 0 radical (unpaired) electrons. The van der Waals surface area contributed by atoms with E-state index in [1.807, 2.05) is 54.6 Å². The first kappa shape index (κ1) is 23.0. The summed E-state index contributed by atoms with van der Waals surface area (Å²) in [5.74, 6) is 1.53. The predicted molar refractivity (Wildman–Crippen MR) is 139 cm³/mol. The quantitative estimate of drug-likeness (QED) is 0.195. The first-order valence-electron chi connectivity index (χ1n) is 10.6. The number of esters is 1. The van der Waals surface area contributed by atoms with Crippen LogP contribution >= 0.6 is 22.6 Å². The Morgan fingerprint density at radius 3 is 2.33 bits per heavy atom. The second kappa shape index (κ2) is 10.2. The van der Waals surface area contributed by atoms with E-state index < -0.39 is 5.97 Å². The number of halogens is 1. The number of hydrogen-bond donors (Lipinski definition) is 0. The van der Waals surface area contributed by atoms with Crippen molar-refractivity contribution in [1.82, 2.24) is 0 Å². The molecule has 4 rings (SSSR count). The zero-order chi connectivity index (χ0) is 23.4. The van der Waals surface area contributed by atoms with Gasteiger partial charge in [0.1, 0.15) is 0 Å². The zero-order valence-electron chi connectivity index (χ0n) is 18.7. The lowest BCUT2D eigenvalue weighted by molar-refractivity contribution is -0.129. The van der Waals surface area contributed by atoms with Crippen LogP contribution in [0.1, 0.15) is 25.0 Å². The maximum absolute atomic E-state index is 12.5. The van der Waals surface area contributed by atoms with Crippen LogP contribution in [0.25, 0.3) is 17.2 Å². The molecule has 0 atom stereocenters. The van der Waals surface area contributed by atoms with E-state index >= 15 is 0 Å². The number of carbonyl (C=O) groups is 1. The van der Waals surface area contributed by atoms with Gasteiger partial charge < -0.3 is 14.2 Å². The van der Waals surface area contributed by atoms with Gasteiger partial charge in [-0.1, -0.05) is 56.3 Å². The third kappa shape index (κ3) is 5.45. The number of rotatable bonds is 7. The predicted octanol–water partition coefficient (Wildman–Crippen LogP) is 6.35. The van der Waals surface area contributed by atoms with Gasteiger partial charge in [-0.2, -0.15) is 0 Å². The Hall–Kier alpha value is -3.13. The highest BCUT2D eigenvalue weighted by molar-refractivity contribution is 14.1. The summed E-state index contributed by atoms with van der Waals surface area (Å²) in [7, 11) is 1.60. The SMILES string of the molecule is COc1cc(/C=C2\N=C(c3ccc(-c4ccccc4)cc3)OC2=O)cc(I)c1OCC(C)C. The van der Waals surface area contributed by atoms with E-state index in [0.717, 1.165) is 25.8 Å². The molecule has 0 bridgehead atoms. The van der Waals surface area contributed by atoms with Crippen molar-refractivity contribution in [1.29, 1.82) is 0 Å². The van der Waals surface area contributed by atoms with Gasteiger partial charge in [-0.3, -0.25) is 0 Å². The molecular weight excluding hydrogens is 529 g/mol. The number of aliphatic imine (C=N–C) groups is 1. The minimum absolute atomic E-state index is 0.242. The monoisotopic (exact) mass is 553 g/mol.